The summed E-state index contributed by atoms with van der Waals surface area (Å²) in [5.74, 6) is 5.95. The second kappa shape index (κ2) is 4.67. The molecule has 2 heteroatoms. The average molecular weight is 217 g/mol. The van der Waals surface area contributed by atoms with Crippen LogP contribution < -0.4 is 5.73 Å². The van der Waals surface area contributed by atoms with Crippen LogP contribution in [0.3, 0.4) is 0 Å². The van der Waals surface area contributed by atoms with Crippen LogP contribution in [0.25, 0.3) is 0 Å². The van der Waals surface area contributed by atoms with Gasteiger partial charge < -0.3 is 5.73 Å². The van der Waals surface area contributed by atoms with Gasteiger partial charge in [0.15, 0.2) is 0 Å². The SMILES string of the molecule is NC1(C#Cc2ccc(F)cc2)CCCCC1. The molecule has 0 unspecified atom stereocenters. The van der Waals surface area contributed by atoms with Crippen LogP contribution in [0.15, 0.2) is 24.3 Å². The summed E-state index contributed by atoms with van der Waals surface area (Å²) in [5, 5.41) is 0. The van der Waals surface area contributed by atoms with E-state index in [1.807, 2.05) is 0 Å². The maximum Gasteiger partial charge on any atom is 0.123 e. The smallest absolute Gasteiger partial charge is 0.123 e. The average Bonchev–Trinajstić information content (AvgIpc) is 2.29. The molecule has 0 radical (unpaired) electrons. The van der Waals surface area contributed by atoms with Crippen molar-refractivity contribution in [1.82, 2.24) is 0 Å². The molecule has 84 valence electrons. The molecule has 0 aromatic heterocycles. The van der Waals surface area contributed by atoms with Crippen LogP contribution in [-0.2, 0) is 0 Å². The molecule has 1 aromatic carbocycles. The summed E-state index contributed by atoms with van der Waals surface area (Å²) in [6.07, 6.45) is 5.53. The highest BCUT2D eigenvalue weighted by Crippen LogP contribution is 2.25. The molecule has 1 aromatic rings. The van der Waals surface area contributed by atoms with Gasteiger partial charge in [-0.05, 0) is 37.1 Å². The number of hydrogen-bond donors (Lipinski definition) is 1. The minimum atomic E-state index is -0.327. The van der Waals surface area contributed by atoms with E-state index in [0.29, 0.717) is 0 Å². The van der Waals surface area contributed by atoms with Crippen LogP contribution in [0, 0.1) is 17.7 Å². The van der Waals surface area contributed by atoms with Crippen molar-refractivity contribution in [3.8, 4) is 11.8 Å². The Hall–Kier alpha value is -1.33. The molecular weight excluding hydrogens is 201 g/mol. The van der Waals surface area contributed by atoms with E-state index in [-0.39, 0.29) is 11.4 Å². The zero-order chi connectivity index (χ0) is 11.4. The van der Waals surface area contributed by atoms with Gasteiger partial charge in [0.1, 0.15) is 5.82 Å². The third-order valence-electron chi connectivity index (χ3n) is 3.05. The van der Waals surface area contributed by atoms with Gasteiger partial charge >= 0.3 is 0 Å². The van der Waals surface area contributed by atoms with Gasteiger partial charge in [0, 0.05) is 5.56 Å². The lowest BCUT2D eigenvalue weighted by Crippen LogP contribution is -2.40. The van der Waals surface area contributed by atoms with Crippen molar-refractivity contribution in [2.75, 3.05) is 0 Å². The molecule has 0 aliphatic heterocycles. The van der Waals surface area contributed by atoms with E-state index in [2.05, 4.69) is 11.8 Å². The first-order chi connectivity index (χ1) is 7.68. The van der Waals surface area contributed by atoms with Crippen molar-refractivity contribution in [1.29, 1.82) is 0 Å². The zero-order valence-electron chi connectivity index (χ0n) is 9.30. The Kier molecular flexibility index (Phi) is 3.26. The predicted molar refractivity (Wildman–Crippen MR) is 63.3 cm³/mol. The summed E-state index contributed by atoms with van der Waals surface area (Å²) in [6, 6.07) is 6.23. The molecule has 0 bridgehead atoms. The first-order valence-corrected chi connectivity index (χ1v) is 5.76. The van der Waals surface area contributed by atoms with Gasteiger partial charge in [0.2, 0.25) is 0 Å². The summed E-state index contributed by atoms with van der Waals surface area (Å²) in [7, 11) is 0. The molecule has 1 fully saturated rings. The number of nitrogens with two attached hydrogens (primary N) is 1. The lowest BCUT2D eigenvalue weighted by Gasteiger charge is -2.27. The molecule has 1 saturated carbocycles. The third-order valence-corrected chi connectivity index (χ3v) is 3.05. The van der Waals surface area contributed by atoms with Crippen LogP contribution >= 0.6 is 0 Å². The molecule has 16 heavy (non-hydrogen) atoms. The van der Waals surface area contributed by atoms with E-state index in [4.69, 9.17) is 5.73 Å². The lowest BCUT2D eigenvalue weighted by atomic mass is 9.83. The van der Waals surface area contributed by atoms with Crippen LogP contribution in [0.1, 0.15) is 37.7 Å². The number of halogens is 1. The van der Waals surface area contributed by atoms with Gasteiger partial charge in [0.05, 0.1) is 5.54 Å². The van der Waals surface area contributed by atoms with Crippen LogP contribution in [-0.4, -0.2) is 5.54 Å². The molecule has 1 aliphatic carbocycles. The second-order valence-corrected chi connectivity index (χ2v) is 4.47. The highest BCUT2D eigenvalue weighted by molar-refractivity contribution is 5.36. The summed E-state index contributed by atoms with van der Waals surface area (Å²) >= 11 is 0. The van der Waals surface area contributed by atoms with Crippen molar-refractivity contribution in [3.05, 3.63) is 35.6 Å². The first-order valence-electron chi connectivity index (χ1n) is 5.76. The fourth-order valence-corrected chi connectivity index (χ4v) is 2.04. The van der Waals surface area contributed by atoms with Crippen LogP contribution in [0.4, 0.5) is 4.39 Å². The van der Waals surface area contributed by atoms with Crippen LogP contribution in [0.5, 0.6) is 0 Å². The molecule has 0 atom stereocenters. The Morgan fingerprint density at radius 3 is 2.31 bits per heavy atom. The molecule has 2 rings (SSSR count). The standard InChI is InChI=1S/C14H16FN/c15-13-6-4-12(5-7-13)8-11-14(16)9-2-1-3-10-14/h4-7H,1-3,9-10,16H2. The van der Waals surface area contributed by atoms with Gasteiger partial charge in [-0.1, -0.05) is 31.1 Å². The van der Waals surface area contributed by atoms with E-state index < -0.39 is 0 Å². The monoisotopic (exact) mass is 217 g/mol. The maximum absolute atomic E-state index is 12.7. The fraction of sp³-hybridized carbons (Fsp3) is 0.429. The number of rotatable bonds is 0. The second-order valence-electron chi connectivity index (χ2n) is 4.47. The van der Waals surface area contributed by atoms with Crippen molar-refractivity contribution < 1.29 is 4.39 Å². The van der Waals surface area contributed by atoms with Crippen molar-refractivity contribution in [2.45, 2.75) is 37.6 Å². The topological polar surface area (TPSA) is 26.0 Å². The van der Waals surface area contributed by atoms with Crippen LogP contribution in [0.2, 0.25) is 0 Å². The molecule has 0 spiro atoms. The molecular formula is C14H16FN. The summed E-state index contributed by atoms with van der Waals surface area (Å²) in [5.41, 5.74) is 6.69. The van der Waals surface area contributed by atoms with Crippen molar-refractivity contribution >= 4 is 0 Å². The Morgan fingerprint density at radius 1 is 1.06 bits per heavy atom. The lowest BCUT2D eigenvalue weighted by molar-refractivity contribution is 0.370. The number of hydrogen-bond acceptors (Lipinski definition) is 1. The van der Waals surface area contributed by atoms with Gasteiger partial charge in [-0.15, -0.1) is 0 Å². The Labute approximate surface area is 95.8 Å². The van der Waals surface area contributed by atoms with E-state index in [0.717, 1.165) is 31.2 Å². The van der Waals surface area contributed by atoms with Gasteiger partial charge in [-0.25, -0.2) is 4.39 Å². The summed E-state index contributed by atoms with van der Waals surface area (Å²) in [6.45, 7) is 0. The molecule has 1 nitrogen and oxygen atoms in total. The van der Waals surface area contributed by atoms with Crippen molar-refractivity contribution in [2.24, 2.45) is 5.73 Å². The van der Waals surface area contributed by atoms with E-state index in [9.17, 15) is 4.39 Å². The zero-order valence-corrected chi connectivity index (χ0v) is 9.30. The highest BCUT2D eigenvalue weighted by Gasteiger charge is 2.24. The fourth-order valence-electron chi connectivity index (χ4n) is 2.04. The largest absolute Gasteiger partial charge is 0.315 e. The minimum absolute atomic E-state index is 0.231. The Bertz CT molecular complexity index is 405. The third kappa shape index (κ3) is 2.84. The van der Waals surface area contributed by atoms with E-state index >= 15 is 0 Å². The summed E-state index contributed by atoms with van der Waals surface area (Å²) in [4.78, 5) is 0. The first kappa shape index (κ1) is 11.2. The molecule has 0 heterocycles. The summed E-state index contributed by atoms with van der Waals surface area (Å²) < 4.78 is 12.7. The minimum Gasteiger partial charge on any atom is -0.315 e. The molecule has 1 aliphatic rings. The highest BCUT2D eigenvalue weighted by atomic mass is 19.1. The van der Waals surface area contributed by atoms with E-state index in [1.165, 1.54) is 18.6 Å². The molecule has 2 N–H and O–H groups in total. The normalized spacial score (nSPS) is 18.6. The van der Waals surface area contributed by atoms with Gasteiger partial charge in [0.25, 0.3) is 0 Å². The number of benzene rings is 1. The van der Waals surface area contributed by atoms with Gasteiger partial charge in [-0.3, -0.25) is 0 Å². The van der Waals surface area contributed by atoms with Gasteiger partial charge in [-0.2, -0.15) is 0 Å². The predicted octanol–water partition coefficient (Wildman–Crippen LogP) is 2.84. The Balaban J connectivity index is 2.11. The maximum atomic E-state index is 12.7. The van der Waals surface area contributed by atoms with Crippen molar-refractivity contribution in [3.63, 3.8) is 0 Å². The quantitative estimate of drug-likeness (QED) is 0.664. The Morgan fingerprint density at radius 2 is 1.69 bits per heavy atom. The molecule has 0 saturated heterocycles. The van der Waals surface area contributed by atoms with E-state index in [1.54, 1.807) is 12.1 Å². The molecule has 0 amide bonds.